The van der Waals surface area contributed by atoms with Gasteiger partial charge in [0.1, 0.15) is 11.9 Å². The van der Waals surface area contributed by atoms with Gasteiger partial charge >= 0.3 is 5.97 Å². The molecule has 2 aromatic rings. The molecule has 0 radical (unpaired) electrons. The molecule has 5 nitrogen and oxygen atoms in total. The number of anilines is 2. The van der Waals surface area contributed by atoms with Crippen molar-refractivity contribution in [3.63, 3.8) is 0 Å². The Bertz CT molecular complexity index is 853. The lowest BCUT2D eigenvalue weighted by atomic mass is 9.93. The number of carbonyl (C=O) groups excluding carboxylic acids is 2. The SMILES string of the molecule is CCC(=O)N1c2ccc(F)cc2C(OC(=O)c2ccccc2N)CC1C. The molecule has 2 unspecified atom stereocenters. The zero-order valence-electron chi connectivity index (χ0n) is 14.7. The number of hydrogen-bond acceptors (Lipinski definition) is 4. The summed E-state index contributed by atoms with van der Waals surface area (Å²) >= 11 is 0. The number of nitrogen functional groups attached to an aromatic ring is 1. The molecule has 2 N–H and O–H groups in total. The molecule has 1 heterocycles. The van der Waals surface area contributed by atoms with Crippen LogP contribution in [0.25, 0.3) is 0 Å². The van der Waals surface area contributed by atoms with E-state index in [9.17, 15) is 14.0 Å². The van der Waals surface area contributed by atoms with Gasteiger partial charge in [-0.3, -0.25) is 4.79 Å². The van der Waals surface area contributed by atoms with Crippen molar-refractivity contribution >= 4 is 23.3 Å². The van der Waals surface area contributed by atoms with Crippen LogP contribution in [-0.2, 0) is 9.53 Å². The van der Waals surface area contributed by atoms with Gasteiger partial charge < -0.3 is 15.4 Å². The number of halogens is 1. The summed E-state index contributed by atoms with van der Waals surface area (Å²) in [6, 6.07) is 10.7. The average molecular weight is 356 g/mol. The standard InChI is InChI=1S/C20H21FN2O3/c1-3-19(24)23-12(2)10-18(15-11-13(21)8-9-17(15)23)26-20(25)14-6-4-5-7-16(14)22/h4-9,11-12,18H,3,10,22H2,1-2H3. The first kappa shape index (κ1) is 17.9. The third-order valence-corrected chi connectivity index (χ3v) is 4.59. The minimum Gasteiger partial charge on any atom is -0.454 e. The van der Waals surface area contributed by atoms with Crippen molar-refractivity contribution in [1.29, 1.82) is 0 Å². The Labute approximate surface area is 151 Å². The van der Waals surface area contributed by atoms with E-state index in [1.807, 2.05) is 6.92 Å². The number of esters is 1. The summed E-state index contributed by atoms with van der Waals surface area (Å²) in [6.07, 6.45) is 0.0797. The molecule has 0 aliphatic carbocycles. The maximum Gasteiger partial charge on any atom is 0.340 e. The van der Waals surface area contributed by atoms with Crippen molar-refractivity contribution in [1.82, 2.24) is 0 Å². The molecular formula is C20H21FN2O3. The summed E-state index contributed by atoms with van der Waals surface area (Å²) in [6.45, 7) is 3.67. The minimum absolute atomic E-state index is 0.0533. The van der Waals surface area contributed by atoms with Gasteiger partial charge in [-0.1, -0.05) is 19.1 Å². The van der Waals surface area contributed by atoms with E-state index in [0.717, 1.165) is 0 Å². The van der Waals surface area contributed by atoms with Crippen molar-refractivity contribution in [2.45, 2.75) is 38.8 Å². The van der Waals surface area contributed by atoms with E-state index in [1.165, 1.54) is 12.1 Å². The molecule has 1 aliphatic rings. The Balaban J connectivity index is 1.96. The van der Waals surface area contributed by atoms with E-state index in [-0.39, 0.29) is 17.5 Å². The van der Waals surface area contributed by atoms with E-state index in [4.69, 9.17) is 10.5 Å². The van der Waals surface area contributed by atoms with E-state index >= 15 is 0 Å². The molecule has 26 heavy (non-hydrogen) atoms. The van der Waals surface area contributed by atoms with Gasteiger partial charge in [0, 0.05) is 30.1 Å². The zero-order chi connectivity index (χ0) is 18.8. The van der Waals surface area contributed by atoms with E-state index in [0.29, 0.717) is 29.8 Å². The van der Waals surface area contributed by atoms with Gasteiger partial charge in [-0.25, -0.2) is 9.18 Å². The Morgan fingerprint density at radius 1 is 1.27 bits per heavy atom. The van der Waals surface area contributed by atoms with Crippen LogP contribution in [0.15, 0.2) is 42.5 Å². The van der Waals surface area contributed by atoms with Crippen molar-refractivity contribution in [3.8, 4) is 0 Å². The molecule has 3 rings (SSSR count). The normalized spacial score (nSPS) is 19.0. The number of rotatable bonds is 3. The summed E-state index contributed by atoms with van der Waals surface area (Å²) in [4.78, 5) is 26.5. The maximum absolute atomic E-state index is 13.8. The van der Waals surface area contributed by atoms with Crippen LogP contribution in [0, 0.1) is 5.82 Å². The fourth-order valence-electron chi connectivity index (χ4n) is 3.32. The van der Waals surface area contributed by atoms with Crippen LogP contribution < -0.4 is 10.6 Å². The highest BCUT2D eigenvalue weighted by Crippen LogP contribution is 2.40. The van der Waals surface area contributed by atoms with Gasteiger partial charge in [0.2, 0.25) is 5.91 Å². The number of amides is 1. The van der Waals surface area contributed by atoms with Crippen molar-refractivity contribution in [2.75, 3.05) is 10.6 Å². The molecule has 0 saturated heterocycles. The number of carbonyl (C=O) groups is 2. The predicted octanol–water partition coefficient (Wildman–Crippen LogP) is 3.84. The lowest BCUT2D eigenvalue weighted by Gasteiger charge is -2.39. The smallest absolute Gasteiger partial charge is 0.340 e. The van der Waals surface area contributed by atoms with E-state index < -0.39 is 17.9 Å². The average Bonchev–Trinajstić information content (AvgIpc) is 2.62. The first-order valence-corrected chi connectivity index (χ1v) is 8.59. The van der Waals surface area contributed by atoms with Crippen LogP contribution in [-0.4, -0.2) is 17.9 Å². The zero-order valence-corrected chi connectivity index (χ0v) is 14.7. The number of ether oxygens (including phenoxy) is 1. The number of para-hydroxylation sites is 1. The van der Waals surface area contributed by atoms with Crippen molar-refractivity contribution < 1.29 is 18.7 Å². The molecule has 2 atom stereocenters. The molecule has 0 bridgehead atoms. The maximum atomic E-state index is 13.8. The summed E-state index contributed by atoms with van der Waals surface area (Å²) in [5.74, 6) is -1.06. The summed E-state index contributed by atoms with van der Waals surface area (Å²) in [5, 5.41) is 0. The van der Waals surface area contributed by atoms with Gasteiger partial charge in [-0.15, -0.1) is 0 Å². The third kappa shape index (κ3) is 3.27. The van der Waals surface area contributed by atoms with Gasteiger partial charge in [0.05, 0.1) is 11.3 Å². The monoisotopic (exact) mass is 356 g/mol. The summed E-state index contributed by atoms with van der Waals surface area (Å²) in [5.41, 5.74) is 7.50. The van der Waals surface area contributed by atoms with Crippen LogP contribution in [0.3, 0.4) is 0 Å². The Morgan fingerprint density at radius 2 is 2.00 bits per heavy atom. The van der Waals surface area contributed by atoms with Gasteiger partial charge in [-0.2, -0.15) is 0 Å². The molecule has 0 aromatic heterocycles. The fraction of sp³-hybridized carbons (Fsp3) is 0.300. The lowest BCUT2D eigenvalue weighted by Crippen LogP contribution is -2.43. The van der Waals surface area contributed by atoms with E-state index in [1.54, 1.807) is 42.2 Å². The quantitative estimate of drug-likeness (QED) is 0.670. The summed E-state index contributed by atoms with van der Waals surface area (Å²) in [7, 11) is 0. The first-order chi connectivity index (χ1) is 12.4. The largest absolute Gasteiger partial charge is 0.454 e. The molecule has 0 fully saturated rings. The molecule has 136 valence electrons. The number of hydrogen-bond donors (Lipinski definition) is 1. The highest BCUT2D eigenvalue weighted by Gasteiger charge is 2.35. The summed E-state index contributed by atoms with van der Waals surface area (Å²) < 4.78 is 19.5. The number of nitrogens with two attached hydrogens (primary N) is 1. The predicted molar refractivity (Wildman–Crippen MR) is 97.3 cm³/mol. The van der Waals surface area contributed by atoms with Crippen molar-refractivity contribution in [2.24, 2.45) is 0 Å². The molecule has 2 aromatic carbocycles. The molecule has 1 amide bonds. The highest BCUT2D eigenvalue weighted by atomic mass is 19.1. The molecule has 0 saturated carbocycles. The number of benzene rings is 2. The third-order valence-electron chi connectivity index (χ3n) is 4.59. The van der Waals surface area contributed by atoms with Crippen LogP contribution in [0.5, 0.6) is 0 Å². The molecule has 0 spiro atoms. The molecular weight excluding hydrogens is 335 g/mol. The second kappa shape index (κ2) is 7.15. The number of nitrogens with zero attached hydrogens (tertiary/aromatic N) is 1. The fourth-order valence-corrected chi connectivity index (χ4v) is 3.32. The Kier molecular flexibility index (Phi) is 4.93. The van der Waals surface area contributed by atoms with Gasteiger partial charge in [0.25, 0.3) is 0 Å². The minimum atomic E-state index is -0.649. The van der Waals surface area contributed by atoms with Gasteiger partial charge in [0.15, 0.2) is 0 Å². The van der Waals surface area contributed by atoms with Gasteiger partial charge in [-0.05, 0) is 37.3 Å². The Hall–Kier alpha value is -2.89. The first-order valence-electron chi connectivity index (χ1n) is 8.59. The van der Waals surface area contributed by atoms with Crippen LogP contribution >= 0.6 is 0 Å². The van der Waals surface area contributed by atoms with Crippen LogP contribution in [0.4, 0.5) is 15.8 Å². The Morgan fingerprint density at radius 3 is 2.69 bits per heavy atom. The van der Waals surface area contributed by atoms with Crippen molar-refractivity contribution in [3.05, 3.63) is 59.4 Å². The van der Waals surface area contributed by atoms with Crippen LogP contribution in [0.1, 0.15) is 48.7 Å². The molecule has 1 aliphatic heterocycles. The number of fused-ring (bicyclic) bond motifs is 1. The topological polar surface area (TPSA) is 72.6 Å². The molecule has 6 heteroatoms. The van der Waals surface area contributed by atoms with E-state index in [2.05, 4.69) is 0 Å². The highest BCUT2D eigenvalue weighted by molar-refractivity contribution is 5.96. The second-order valence-electron chi connectivity index (χ2n) is 6.39. The second-order valence-corrected chi connectivity index (χ2v) is 6.39. The van der Waals surface area contributed by atoms with Crippen LogP contribution in [0.2, 0.25) is 0 Å². The lowest BCUT2D eigenvalue weighted by molar-refractivity contribution is -0.119.